The molecule has 2 fully saturated rings. The van der Waals surface area contributed by atoms with Gasteiger partial charge < -0.3 is 24.8 Å². The highest BCUT2D eigenvalue weighted by atomic mass is 79.9. The van der Waals surface area contributed by atoms with E-state index >= 15 is 0 Å². The summed E-state index contributed by atoms with van der Waals surface area (Å²) in [5.74, 6) is 2.97. The van der Waals surface area contributed by atoms with Crippen molar-refractivity contribution in [1.82, 2.24) is 25.1 Å². The van der Waals surface area contributed by atoms with E-state index in [-0.39, 0.29) is 0 Å². The highest BCUT2D eigenvalue weighted by Gasteiger charge is 2.23. The van der Waals surface area contributed by atoms with E-state index in [9.17, 15) is 0 Å². The summed E-state index contributed by atoms with van der Waals surface area (Å²) in [6.07, 6.45) is 4.33. The molecule has 0 aromatic carbocycles. The van der Waals surface area contributed by atoms with Gasteiger partial charge in [-0.2, -0.15) is 4.98 Å². The Labute approximate surface area is 170 Å². The Balaban J connectivity index is 1.51. The molecule has 3 heterocycles. The van der Waals surface area contributed by atoms with E-state index in [1.807, 2.05) is 7.05 Å². The molecule has 3 rings (SSSR count). The molecule has 1 N–H and O–H groups in total. The van der Waals surface area contributed by atoms with Crippen LogP contribution in [0.5, 0.6) is 5.88 Å². The maximum atomic E-state index is 5.28. The fourth-order valence-electron chi connectivity index (χ4n) is 3.76. The Kier molecular flexibility index (Phi) is 7.12. The quantitative estimate of drug-likeness (QED) is 0.559. The summed E-state index contributed by atoms with van der Waals surface area (Å²) in [6, 6.07) is 0. The lowest BCUT2D eigenvalue weighted by Crippen LogP contribution is -2.53. The molecule has 8 nitrogen and oxygen atoms in total. The maximum absolute atomic E-state index is 5.28. The van der Waals surface area contributed by atoms with Gasteiger partial charge in [-0.25, -0.2) is 4.98 Å². The average molecular weight is 440 g/mol. The molecule has 2 saturated heterocycles. The topological polar surface area (TPSA) is 69.1 Å². The van der Waals surface area contributed by atoms with Gasteiger partial charge in [0.2, 0.25) is 11.8 Å². The number of aromatic nitrogens is 2. The van der Waals surface area contributed by atoms with Gasteiger partial charge in [0, 0.05) is 46.3 Å². The molecular formula is C18H30BrN7O. The molecule has 9 heteroatoms. The average Bonchev–Trinajstić information content (AvgIpc) is 2.69. The lowest BCUT2D eigenvalue weighted by atomic mass is 9.98. The van der Waals surface area contributed by atoms with Crippen LogP contribution in [0.4, 0.5) is 5.95 Å². The smallest absolute Gasteiger partial charge is 0.232 e. The predicted molar refractivity (Wildman–Crippen MR) is 112 cm³/mol. The molecule has 0 saturated carbocycles. The number of piperidine rings is 1. The number of piperazine rings is 1. The van der Waals surface area contributed by atoms with Crippen molar-refractivity contribution in [3.05, 3.63) is 10.7 Å². The molecule has 150 valence electrons. The van der Waals surface area contributed by atoms with Gasteiger partial charge in [0.1, 0.15) is 0 Å². The van der Waals surface area contributed by atoms with Gasteiger partial charge in [-0.1, -0.05) is 0 Å². The number of ether oxygens (including phenoxy) is 1. The number of nitrogens with one attached hydrogen (secondary N) is 1. The number of rotatable bonds is 4. The SMILES string of the molecule is CN=C(NCC1CCCN(C)C1)N1CCN(c2ncc(Br)c(OC)n2)CC1. The van der Waals surface area contributed by atoms with E-state index in [2.05, 4.69) is 58.0 Å². The summed E-state index contributed by atoms with van der Waals surface area (Å²) < 4.78 is 6.05. The van der Waals surface area contributed by atoms with E-state index in [0.717, 1.165) is 43.2 Å². The van der Waals surface area contributed by atoms with Crippen LogP contribution < -0.4 is 15.0 Å². The zero-order valence-electron chi connectivity index (χ0n) is 16.5. The fraction of sp³-hybridized carbons (Fsp3) is 0.722. The number of guanidine groups is 1. The third kappa shape index (κ3) is 5.22. The summed E-state index contributed by atoms with van der Waals surface area (Å²) in [5.41, 5.74) is 0. The maximum Gasteiger partial charge on any atom is 0.232 e. The van der Waals surface area contributed by atoms with Crippen LogP contribution in [-0.4, -0.2) is 92.7 Å². The zero-order chi connectivity index (χ0) is 19.2. The first-order valence-electron chi connectivity index (χ1n) is 9.56. The fourth-order valence-corrected chi connectivity index (χ4v) is 4.12. The number of nitrogens with zero attached hydrogens (tertiary/aromatic N) is 6. The van der Waals surface area contributed by atoms with Crippen molar-refractivity contribution in [3.8, 4) is 5.88 Å². The normalized spacial score (nSPS) is 22.1. The Morgan fingerprint density at radius 1 is 1.33 bits per heavy atom. The van der Waals surface area contributed by atoms with Gasteiger partial charge in [-0.15, -0.1) is 0 Å². The summed E-state index contributed by atoms with van der Waals surface area (Å²) in [5, 5.41) is 3.58. The molecule has 2 aliphatic rings. The minimum Gasteiger partial charge on any atom is -0.480 e. The first-order chi connectivity index (χ1) is 13.1. The molecule has 1 aromatic heterocycles. The summed E-state index contributed by atoms with van der Waals surface area (Å²) in [6.45, 7) is 6.88. The monoisotopic (exact) mass is 439 g/mol. The lowest BCUT2D eigenvalue weighted by Gasteiger charge is -2.37. The Bertz CT molecular complexity index is 649. The van der Waals surface area contributed by atoms with Crippen LogP contribution in [0.1, 0.15) is 12.8 Å². The van der Waals surface area contributed by atoms with Crippen LogP contribution in [0.3, 0.4) is 0 Å². The molecule has 1 aromatic rings. The van der Waals surface area contributed by atoms with Gasteiger partial charge in [-0.05, 0) is 48.3 Å². The van der Waals surface area contributed by atoms with Crippen molar-refractivity contribution in [2.24, 2.45) is 10.9 Å². The van der Waals surface area contributed by atoms with Crippen LogP contribution in [0.2, 0.25) is 0 Å². The summed E-state index contributed by atoms with van der Waals surface area (Å²) in [7, 11) is 5.69. The van der Waals surface area contributed by atoms with E-state index < -0.39 is 0 Å². The molecule has 0 radical (unpaired) electrons. The molecule has 2 aliphatic heterocycles. The number of hydrogen-bond donors (Lipinski definition) is 1. The highest BCUT2D eigenvalue weighted by Crippen LogP contribution is 2.24. The standard InChI is InChI=1S/C18H30BrN7O/c1-20-17(21-11-14-5-4-6-24(2)13-14)25-7-9-26(10-8-25)18-22-12-15(19)16(23-18)27-3/h12,14H,4-11,13H2,1-3H3,(H,20,21). The minimum atomic E-state index is 0.567. The molecule has 27 heavy (non-hydrogen) atoms. The second-order valence-corrected chi connectivity index (χ2v) is 8.05. The van der Waals surface area contributed by atoms with E-state index in [1.165, 1.54) is 25.9 Å². The first kappa shape index (κ1) is 20.1. The molecule has 0 bridgehead atoms. The van der Waals surface area contributed by atoms with Gasteiger partial charge >= 0.3 is 0 Å². The molecule has 1 atom stereocenters. The molecule has 0 aliphatic carbocycles. The van der Waals surface area contributed by atoms with Crippen molar-refractivity contribution in [2.75, 3.05) is 71.9 Å². The van der Waals surface area contributed by atoms with Crippen LogP contribution in [0.25, 0.3) is 0 Å². The number of aliphatic imine (C=N–C) groups is 1. The third-order valence-electron chi connectivity index (χ3n) is 5.24. The lowest BCUT2D eigenvalue weighted by molar-refractivity contribution is 0.209. The van der Waals surface area contributed by atoms with Gasteiger partial charge in [0.25, 0.3) is 0 Å². The van der Waals surface area contributed by atoms with Gasteiger partial charge in [-0.3, -0.25) is 4.99 Å². The van der Waals surface area contributed by atoms with Crippen molar-refractivity contribution >= 4 is 27.8 Å². The van der Waals surface area contributed by atoms with Crippen LogP contribution in [0.15, 0.2) is 15.7 Å². The highest BCUT2D eigenvalue weighted by molar-refractivity contribution is 9.10. The molecule has 1 unspecified atom stereocenters. The van der Waals surface area contributed by atoms with Crippen molar-refractivity contribution in [1.29, 1.82) is 0 Å². The molecular weight excluding hydrogens is 410 g/mol. The van der Waals surface area contributed by atoms with E-state index in [0.29, 0.717) is 17.7 Å². The first-order valence-corrected chi connectivity index (χ1v) is 10.4. The number of anilines is 1. The number of likely N-dealkylation sites (tertiary alicyclic amines) is 1. The second-order valence-electron chi connectivity index (χ2n) is 7.20. The Morgan fingerprint density at radius 3 is 2.78 bits per heavy atom. The number of hydrogen-bond acceptors (Lipinski definition) is 6. The molecule has 0 spiro atoms. The second kappa shape index (κ2) is 9.54. The van der Waals surface area contributed by atoms with Crippen LogP contribution in [-0.2, 0) is 0 Å². The summed E-state index contributed by atoms with van der Waals surface area (Å²) in [4.78, 5) is 20.3. The van der Waals surface area contributed by atoms with Crippen molar-refractivity contribution < 1.29 is 4.74 Å². The van der Waals surface area contributed by atoms with E-state index in [4.69, 9.17) is 4.74 Å². The van der Waals surface area contributed by atoms with Crippen LogP contribution >= 0.6 is 15.9 Å². The zero-order valence-corrected chi connectivity index (χ0v) is 18.1. The number of halogens is 1. The minimum absolute atomic E-state index is 0.567. The number of methoxy groups -OCH3 is 1. The Hall–Kier alpha value is -1.61. The third-order valence-corrected chi connectivity index (χ3v) is 5.78. The molecule has 0 amide bonds. The van der Waals surface area contributed by atoms with E-state index in [1.54, 1.807) is 13.3 Å². The van der Waals surface area contributed by atoms with Gasteiger partial charge in [0.05, 0.1) is 17.8 Å². The van der Waals surface area contributed by atoms with Crippen molar-refractivity contribution in [3.63, 3.8) is 0 Å². The summed E-state index contributed by atoms with van der Waals surface area (Å²) >= 11 is 3.40. The largest absolute Gasteiger partial charge is 0.480 e. The van der Waals surface area contributed by atoms with Crippen molar-refractivity contribution in [2.45, 2.75) is 12.8 Å². The predicted octanol–water partition coefficient (Wildman–Crippen LogP) is 1.29. The Morgan fingerprint density at radius 2 is 2.11 bits per heavy atom. The van der Waals surface area contributed by atoms with Gasteiger partial charge in [0.15, 0.2) is 5.96 Å². The van der Waals surface area contributed by atoms with Crippen LogP contribution in [0, 0.1) is 5.92 Å².